The molecule has 0 unspecified atom stereocenters. The molecule has 6 heteroatoms. The normalized spacial score (nSPS) is 10.8. The number of amides is 1. The van der Waals surface area contributed by atoms with Crippen molar-refractivity contribution in [1.29, 1.82) is 0 Å². The fourth-order valence-electron chi connectivity index (χ4n) is 1.96. The molecule has 0 atom stereocenters. The number of nitrogens with one attached hydrogen (secondary N) is 1. The smallest absolute Gasteiger partial charge is 0.258 e. The van der Waals surface area contributed by atoms with E-state index in [0.29, 0.717) is 5.56 Å². The third-order valence-electron chi connectivity index (χ3n) is 2.97. The number of fused-ring (bicyclic) bond motifs is 1. The Morgan fingerprint density at radius 2 is 2.05 bits per heavy atom. The predicted molar refractivity (Wildman–Crippen MR) is 71.9 cm³/mol. The molecule has 0 saturated carbocycles. The second-order valence-corrected chi connectivity index (χ2v) is 4.40. The van der Waals surface area contributed by atoms with Gasteiger partial charge in [-0.1, -0.05) is 0 Å². The molecule has 0 radical (unpaired) electrons. The number of hydrogen-bond acceptors (Lipinski definition) is 3. The summed E-state index contributed by atoms with van der Waals surface area (Å²) in [7, 11) is 3.65. The molecule has 1 aromatic carbocycles. The number of anilines is 1. The number of aromatic nitrogens is 4. The predicted octanol–water partition coefficient (Wildman–Crippen LogP) is 1.56. The van der Waals surface area contributed by atoms with Gasteiger partial charge in [0.1, 0.15) is 0 Å². The average Bonchev–Trinajstić information content (AvgIpc) is 2.97. The van der Waals surface area contributed by atoms with Crippen molar-refractivity contribution in [1.82, 2.24) is 19.6 Å². The van der Waals surface area contributed by atoms with E-state index in [1.165, 1.54) is 6.20 Å². The van der Waals surface area contributed by atoms with E-state index in [9.17, 15) is 4.79 Å². The van der Waals surface area contributed by atoms with Gasteiger partial charge in [-0.15, -0.1) is 0 Å². The lowest BCUT2D eigenvalue weighted by atomic mass is 10.2. The van der Waals surface area contributed by atoms with Gasteiger partial charge in [0, 0.05) is 31.4 Å². The molecule has 0 aliphatic carbocycles. The van der Waals surface area contributed by atoms with Crippen molar-refractivity contribution in [2.75, 3.05) is 5.32 Å². The van der Waals surface area contributed by atoms with Gasteiger partial charge in [-0.3, -0.25) is 14.2 Å². The van der Waals surface area contributed by atoms with Gasteiger partial charge >= 0.3 is 0 Å². The molecule has 2 heterocycles. The molecule has 96 valence electrons. The zero-order valence-corrected chi connectivity index (χ0v) is 10.7. The van der Waals surface area contributed by atoms with Crippen LogP contribution in [0.1, 0.15) is 10.4 Å². The molecule has 3 aromatic rings. The Morgan fingerprint density at radius 3 is 2.79 bits per heavy atom. The van der Waals surface area contributed by atoms with Crippen molar-refractivity contribution < 1.29 is 4.79 Å². The number of aryl methyl sites for hydroxylation is 2. The number of carbonyl (C=O) groups is 1. The number of hydrogen-bond donors (Lipinski definition) is 1. The van der Waals surface area contributed by atoms with E-state index in [1.807, 2.05) is 25.2 Å². The molecular formula is C13H13N5O. The van der Waals surface area contributed by atoms with Crippen molar-refractivity contribution in [3.05, 3.63) is 42.4 Å². The maximum atomic E-state index is 12.0. The lowest BCUT2D eigenvalue weighted by Gasteiger charge is -2.04. The number of carbonyl (C=O) groups excluding carboxylic acids is 1. The van der Waals surface area contributed by atoms with Gasteiger partial charge in [-0.05, 0) is 18.2 Å². The van der Waals surface area contributed by atoms with Crippen LogP contribution in [0.5, 0.6) is 0 Å². The SMILES string of the molecule is Cn1cc(C(=O)Nc2ccc3cnn(C)c3c2)cn1. The molecule has 0 saturated heterocycles. The largest absolute Gasteiger partial charge is 0.322 e. The van der Waals surface area contributed by atoms with Crippen LogP contribution in [-0.2, 0) is 14.1 Å². The van der Waals surface area contributed by atoms with Crippen LogP contribution < -0.4 is 5.32 Å². The molecular weight excluding hydrogens is 242 g/mol. The van der Waals surface area contributed by atoms with E-state index < -0.39 is 0 Å². The van der Waals surface area contributed by atoms with Crippen molar-refractivity contribution in [2.24, 2.45) is 14.1 Å². The lowest BCUT2D eigenvalue weighted by Crippen LogP contribution is -2.11. The van der Waals surface area contributed by atoms with Gasteiger partial charge < -0.3 is 5.32 Å². The molecule has 2 aromatic heterocycles. The molecule has 1 amide bonds. The highest BCUT2D eigenvalue weighted by Gasteiger charge is 2.09. The second kappa shape index (κ2) is 4.24. The van der Waals surface area contributed by atoms with Crippen LogP contribution in [0.3, 0.4) is 0 Å². The highest BCUT2D eigenvalue weighted by Crippen LogP contribution is 2.18. The summed E-state index contributed by atoms with van der Waals surface area (Å²) in [6, 6.07) is 5.69. The molecule has 19 heavy (non-hydrogen) atoms. The maximum absolute atomic E-state index is 12.0. The number of benzene rings is 1. The van der Waals surface area contributed by atoms with Crippen LogP contribution in [0.25, 0.3) is 10.9 Å². The van der Waals surface area contributed by atoms with Gasteiger partial charge in [0.15, 0.2) is 0 Å². The zero-order chi connectivity index (χ0) is 13.4. The van der Waals surface area contributed by atoms with E-state index in [1.54, 1.807) is 28.8 Å². The first kappa shape index (κ1) is 11.5. The van der Waals surface area contributed by atoms with Crippen LogP contribution in [0.2, 0.25) is 0 Å². The van der Waals surface area contributed by atoms with Crippen molar-refractivity contribution in [3.63, 3.8) is 0 Å². The summed E-state index contributed by atoms with van der Waals surface area (Å²) < 4.78 is 3.37. The third kappa shape index (κ3) is 2.08. The highest BCUT2D eigenvalue weighted by molar-refractivity contribution is 6.04. The molecule has 6 nitrogen and oxygen atoms in total. The fourth-order valence-corrected chi connectivity index (χ4v) is 1.96. The molecule has 0 fully saturated rings. The van der Waals surface area contributed by atoms with E-state index in [-0.39, 0.29) is 5.91 Å². The maximum Gasteiger partial charge on any atom is 0.258 e. The molecule has 0 aliphatic rings. The minimum absolute atomic E-state index is 0.172. The first-order chi connectivity index (χ1) is 9.13. The minimum Gasteiger partial charge on any atom is -0.322 e. The summed E-state index contributed by atoms with van der Waals surface area (Å²) in [5.41, 5.74) is 2.25. The van der Waals surface area contributed by atoms with Crippen LogP contribution in [0.4, 0.5) is 5.69 Å². The summed E-state index contributed by atoms with van der Waals surface area (Å²) in [5.74, 6) is -0.172. The van der Waals surface area contributed by atoms with E-state index >= 15 is 0 Å². The highest BCUT2D eigenvalue weighted by atomic mass is 16.1. The van der Waals surface area contributed by atoms with Crippen LogP contribution in [0, 0.1) is 0 Å². The van der Waals surface area contributed by atoms with Crippen molar-refractivity contribution in [3.8, 4) is 0 Å². The first-order valence-corrected chi connectivity index (χ1v) is 5.85. The first-order valence-electron chi connectivity index (χ1n) is 5.85. The van der Waals surface area contributed by atoms with Gasteiger partial charge in [0.25, 0.3) is 5.91 Å². The Kier molecular flexibility index (Phi) is 2.56. The van der Waals surface area contributed by atoms with E-state index in [2.05, 4.69) is 15.5 Å². The van der Waals surface area contributed by atoms with Gasteiger partial charge in [0.05, 0.1) is 23.5 Å². The Labute approximate surface area is 109 Å². The lowest BCUT2D eigenvalue weighted by molar-refractivity contribution is 0.102. The van der Waals surface area contributed by atoms with Gasteiger partial charge in [0.2, 0.25) is 0 Å². The molecule has 0 bridgehead atoms. The standard InChI is InChI=1S/C13H13N5O/c1-17-8-10(7-14-17)13(19)16-11-4-3-9-6-15-18(2)12(9)5-11/h3-8H,1-2H3,(H,16,19). The van der Waals surface area contributed by atoms with Crippen LogP contribution in [0.15, 0.2) is 36.8 Å². The average molecular weight is 255 g/mol. The van der Waals surface area contributed by atoms with E-state index in [4.69, 9.17) is 0 Å². The van der Waals surface area contributed by atoms with Crippen LogP contribution in [-0.4, -0.2) is 25.5 Å². The number of nitrogens with zero attached hydrogens (tertiary/aromatic N) is 4. The summed E-state index contributed by atoms with van der Waals surface area (Å²) >= 11 is 0. The Bertz CT molecular complexity index is 755. The van der Waals surface area contributed by atoms with Crippen molar-refractivity contribution >= 4 is 22.5 Å². The minimum atomic E-state index is -0.172. The second-order valence-electron chi connectivity index (χ2n) is 4.40. The zero-order valence-electron chi connectivity index (χ0n) is 10.7. The Morgan fingerprint density at radius 1 is 1.21 bits per heavy atom. The van der Waals surface area contributed by atoms with Gasteiger partial charge in [-0.2, -0.15) is 10.2 Å². The number of rotatable bonds is 2. The quantitative estimate of drug-likeness (QED) is 0.755. The molecule has 0 spiro atoms. The summed E-state index contributed by atoms with van der Waals surface area (Å²) in [5, 5.41) is 12.0. The van der Waals surface area contributed by atoms with E-state index in [0.717, 1.165) is 16.6 Å². The summed E-state index contributed by atoms with van der Waals surface area (Å²) in [6.45, 7) is 0. The molecule has 0 aliphatic heterocycles. The van der Waals surface area contributed by atoms with Crippen molar-refractivity contribution in [2.45, 2.75) is 0 Å². The summed E-state index contributed by atoms with van der Waals surface area (Å²) in [6.07, 6.45) is 5.01. The molecule has 3 rings (SSSR count). The third-order valence-corrected chi connectivity index (χ3v) is 2.97. The fraction of sp³-hybridized carbons (Fsp3) is 0.154. The molecule has 1 N–H and O–H groups in total. The topological polar surface area (TPSA) is 64.7 Å². The monoisotopic (exact) mass is 255 g/mol. The summed E-state index contributed by atoms with van der Waals surface area (Å²) in [4.78, 5) is 12.0. The Hall–Kier alpha value is -2.63. The van der Waals surface area contributed by atoms with Gasteiger partial charge in [-0.25, -0.2) is 0 Å². The van der Waals surface area contributed by atoms with Crippen LogP contribution >= 0.6 is 0 Å². The Balaban J connectivity index is 1.88.